The number of aliphatic hydroxyl groups is 5. The lowest BCUT2D eigenvalue weighted by molar-refractivity contribution is -0.116. The Kier molecular flexibility index (Phi) is 15.8. The Balaban J connectivity index is 0.000000189. The van der Waals surface area contributed by atoms with Gasteiger partial charge < -0.3 is 60.3 Å². The highest BCUT2D eigenvalue weighted by molar-refractivity contribution is 5.84. The molecule has 5 aromatic rings. The number of H-pyrrole nitrogens is 2. The van der Waals surface area contributed by atoms with Crippen LogP contribution in [0.15, 0.2) is 91.3 Å². The van der Waals surface area contributed by atoms with E-state index in [1.807, 2.05) is 30.3 Å². The minimum absolute atomic E-state index is 0.234. The minimum Gasteiger partial charge on any atom is -0.445 e. The van der Waals surface area contributed by atoms with Gasteiger partial charge in [-0.1, -0.05) is 66.7 Å². The summed E-state index contributed by atoms with van der Waals surface area (Å²) in [7, 11) is 1.00. The van der Waals surface area contributed by atoms with Crippen LogP contribution in [0.4, 0.5) is 4.79 Å². The van der Waals surface area contributed by atoms with Gasteiger partial charge in [0.05, 0.1) is 23.4 Å². The maximum absolute atomic E-state index is 12.4. The first-order valence-electron chi connectivity index (χ1n) is 22.7. The number of rotatable bonds is 10. The molecular weight excluding hydrogens is 785 g/mol. The van der Waals surface area contributed by atoms with Crippen LogP contribution in [0.2, 0.25) is 0 Å². The third-order valence-corrected chi connectivity index (χ3v) is 14.0. The molecule has 0 aliphatic carbocycles. The lowest BCUT2D eigenvalue weighted by Crippen LogP contribution is -2.56. The predicted octanol–water partition coefficient (Wildman–Crippen LogP) is 5.30. The van der Waals surface area contributed by atoms with Crippen LogP contribution >= 0.6 is 0 Å². The maximum Gasteiger partial charge on any atom is 0.410 e. The molecule has 336 valence electrons. The molecule has 8 N–H and O–H groups in total. The van der Waals surface area contributed by atoms with Crippen LogP contribution in [-0.4, -0.2) is 152 Å². The van der Waals surface area contributed by atoms with Crippen LogP contribution in [0.5, 0.6) is 0 Å². The fraction of sp³-hybridized carbons (Fsp3) is 0.531. The molecule has 6 heterocycles. The van der Waals surface area contributed by atoms with Crippen LogP contribution in [0.25, 0.3) is 21.8 Å². The van der Waals surface area contributed by atoms with Crippen molar-refractivity contribution in [2.75, 3.05) is 72.6 Å². The number of carbonyl (C=O) groups excluding carboxylic acids is 1. The molecule has 9 rings (SSSR count). The standard InChI is InChI=1S/C28H35N3O4.C20H29N3O2.CH4O/c32-26(19-30-14-10-22(11-15-30)24-18-29-25-9-5-4-8-23(24)25)28(34)12-16-31(17-13-28)27(33)35-20-21-6-2-1-3-7-21;24-19(20(25)7-9-21-10-8-20)14-23-11-5-15(6-12-23)17-13-22-18-4-2-1-3-16(17)18;1-2/h1-9,18,22,26,29,32,34H,10-17,19-20H2;1-4,13,15,19,21-22,24-25H,5-12,14H2;2H,1H3. The molecule has 0 radical (unpaired) electrons. The van der Waals surface area contributed by atoms with E-state index in [0.717, 1.165) is 77.6 Å². The number of hydrogen-bond acceptors (Lipinski definition) is 10. The van der Waals surface area contributed by atoms with Crippen LogP contribution in [0, 0.1) is 0 Å². The molecule has 62 heavy (non-hydrogen) atoms. The van der Waals surface area contributed by atoms with Crippen molar-refractivity contribution in [2.24, 2.45) is 0 Å². The molecule has 4 fully saturated rings. The molecule has 2 unspecified atom stereocenters. The van der Waals surface area contributed by atoms with Gasteiger partial charge in [0.25, 0.3) is 0 Å². The van der Waals surface area contributed by atoms with E-state index in [1.165, 1.54) is 32.9 Å². The van der Waals surface area contributed by atoms with Crippen LogP contribution in [0.1, 0.15) is 79.9 Å². The van der Waals surface area contributed by atoms with E-state index in [1.54, 1.807) is 4.90 Å². The second-order valence-electron chi connectivity index (χ2n) is 17.7. The number of nitrogens with one attached hydrogen (secondary N) is 3. The van der Waals surface area contributed by atoms with E-state index in [-0.39, 0.29) is 12.7 Å². The van der Waals surface area contributed by atoms with E-state index in [9.17, 15) is 25.2 Å². The Bertz CT molecular complexity index is 2110. The van der Waals surface area contributed by atoms with E-state index in [4.69, 9.17) is 9.84 Å². The summed E-state index contributed by atoms with van der Waals surface area (Å²) in [5.41, 5.74) is 4.04. The van der Waals surface area contributed by atoms with Crippen molar-refractivity contribution in [1.29, 1.82) is 0 Å². The van der Waals surface area contributed by atoms with Crippen molar-refractivity contribution in [2.45, 2.75) is 93.2 Å². The summed E-state index contributed by atoms with van der Waals surface area (Å²) in [6.45, 7) is 7.36. The van der Waals surface area contributed by atoms with Gasteiger partial charge in [0, 0.05) is 67.5 Å². The van der Waals surface area contributed by atoms with Crippen molar-refractivity contribution in [1.82, 2.24) is 30.0 Å². The molecule has 2 aromatic heterocycles. The van der Waals surface area contributed by atoms with Crippen molar-refractivity contribution < 1.29 is 35.1 Å². The number of nitrogens with zero attached hydrogens (tertiary/aromatic N) is 3. The van der Waals surface area contributed by atoms with E-state index in [0.29, 0.717) is 63.7 Å². The van der Waals surface area contributed by atoms with Crippen LogP contribution < -0.4 is 5.32 Å². The topological polar surface area (TPSA) is 181 Å². The van der Waals surface area contributed by atoms with Crippen molar-refractivity contribution >= 4 is 27.9 Å². The normalized spacial score (nSPS) is 21.0. The summed E-state index contributed by atoms with van der Waals surface area (Å²) in [6, 6.07) is 26.5. The SMILES string of the molecule is CO.O=C(OCc1ccccc1)N1CCC(O)(C(O)CN2CCC(c3c[nH]c4ccccc34)CC2)CC1.OC(CN1CCC(c2c[nH]c3ccccc23)CC1)C1(O)CCNCC1. The first-order valence-corrected chi connectivity index (χ1v) is 22.7. The number of fused-ring (bicyclic) bond motifs is 2. The lowest BCUT2D eigenvalue weighted by Gasteiger charge is -2.42. The third-order valence-electron chi connectivity index (χ3n) is 14.0. The fourth-order valence-corrected chi connectivity index (χ4v) is 9.96. The number of aromatic amines is 2. The van der Waals surface area contributed by atoms with Crippen LogP contribution in [0.3, 0.4) is 0 Å². The zero-order valence-corrected chi connectivity index (χ0v) is 36.3. The molecule has 4 aliphatic heterocycles. The molecule has 0 spiro atoms. The summed E-state index contributed by atoms with van der Waals surface area (Å²) >= 11 is 0. The molecule has 4 aliphatic rings. The van der Waals surface area contributed by atoms with Gasteiger partial charge in [-0.25, -0.2) is 4.79 Å². The number of aliphatic hydroxyl groups excluding tert-OH is 3. The summed E-state index contributed by atoms with van der Waals surface area (Å²) in [6.07, 6.45) is 8.70. The quantitative estimate of drug-likeness (QED) is 0.0919. The minimum atomic E-state index is -1.18. The Morgan fingerprint density at radius 2 is 1.08 bits per heavy atom. The first kappa shape index (κ1) is 45.7. The zero-order valence-electron chi connectivity index (χ0n) is 36.3. The number of ether oxygens (including phenoxy) is 1. The molecule has 13 nitrogen and oxygen atoms in total. The second-order valence-corrected chi connectivity index (χ2v) is 17.7. The molecule has 0 saturated carbocycles. The summed E-state index contributed by atoms with van der Waals surface area (Å²) in [5.74, 6) is 1.08. The molecular formula is C49H68N6O7. The maximum atomic E-state index is 12.4. The highest BCUT2D eigenvalue weighted by Gasteiger charge is 2.42. The summed E-state index contributed by atoms with van der Waals surface area (Å²) < 4.78 is 5.42. The van der Waals surface area contributed by atoms with E-state index in [2.05, 4.69) is 86.0 Å². The average molecular weight is 853 g/mol. The Morgan fingerprint density at radius 3 is 1.56 bits per heavy atom. The largest absolute Gasteiger partial charge is 0.445 e. The molecule has 4 saturated heterocycles. The Morgan fingerprint density at radius 1 is 0.645 bits per heavy atom. The van der Waals surface area contributed by atoms with Gasteiger partial charge in [-0.3, -0.25) is 0 Å². The van der Waals surface area contributed by atoms with Gasteiger partial charge in [-0.15, -0.1) is 0 Å². The fourth-order valence-electron chi connectivity index (χ4n) is 9.96. The van der Waals surface area contributed by atoms with E-state index < -0.39 is 23.4 Å². The summed E-state index contributed by atoms with van der Waals surface area (Å²) in [4.78, 5) is 25.4. The number of likely N-dealkylation sites (tertiary alicyclic amines) is 3. The number of carbonyl (C=O) groups is 1. The number of benzene rings is 3. The number of amides is 1. The molecule has 13 heteroatoms. The molecule has 1 amide bonds. The van der Waals surface area contributed by atoms with Gasteiger partial charge in [0.2, 0.25) is 0 Å². The number of aromatic nitrogens is 2. The van der Waals surface area contributed by atoms with Crippen molar-refractivity contribution in [3.63, 3.8) is 0 Å². The summed E-state index contributed by atoms with van der Waals surface area (Å²) in [5, 5.41) is 56.2. The number of β-amino-alcohol motifs (C(OH)–C–C–N with tert-alkyl or cyclic N) is 2. The smallest absolute Gasteiger partial charge is 0.410 e. The monoisotopic (exact) mass is 853 g/mol. The van der Waals surface area contributed by atoms with Gasteiger partial charge in [-0.2, -0.15) is 0 Å². The molecule has 0 bridgehead atoms. The number of hydrogen-bond donors (Lipinski definition) is 8. The third kappa shape index (κ3) is 11.1. The first-order chi connectivity index (χ1) is 30.2. The van der Waals surface area contributed by atoms with Gasteiger partial charge in [0.1, 0.15) is 6.61 Å². The molecule has 2 atom stereocenters. The van der Waals surface area contributed by atoms with Gasteiger partial charge in [0.15, 0.2) is 0 Å². The molecule has 3 aromatic carbocycles. The van der Waals surface area contributed by atoms with Crippen LogP contribution in [-0.2, 0) is 11.3 Å². The highest BCUT2D eigenvalue weighted by Crippen LogP contribution is 2.36. The van der Waals surface area contributed by atoms with Crippen molar-refractivity contribution in [3.8, 4) is 0 Å². The second kappa shape index (κ2) is 21.4. The van der Waals surface area contributed by atoms with Crippen molar-refractivity contribution in [3.05, 3.63) is 108 Å². The number of para-hydroxylation sites is 2. The predicted molar refractivity (Wildman–Crippen MR) is 243 cm³/mol. The van der Waals surface area contributed by atoms with Gasteiger partial charge in [-0.05, 0) is 131 Å². The number of piperidine rings is 4. The average Bonchev–Trinajstić information content (AvgIpc) is 3.96. The van der Waals surface area contributed by atoms with Gasteiger partial charge >= 0.3 is 6.09 Å². The Hall–Kier alpha value is -4.31. The lowest BCUT2D eigenvalue weighted by atomic mass is 9.84. The Labute approximate surface area is 365 Å². The zero-order chi connectivity index (χ0) is 43.5. The highest BCUT2D eigenvalue weighted by atomic mass is 16.6. The van der Waals surface area contributed by atoms with E-state index >= 15 is 0 Å².